The van der Waals surface area contributed by atoms with E-state index in [9.17, 15) is 8.78 Å². The number of ether oxygens (including phenoxy) is 2. The fourth-order valence-corrected chi connectivity index (χ4v) is 2.72. The van der Waals surface area contributed by atoms with Gasteiger partial charge >= 0.3 is 0 Å². The molecule has 2 aromatic rings. The van der Waals surface area contributed by atoms with Crippen molar-refractivity contribution in [2.24, 2.45) is 0 Å². The quantitative estimate of drug-likeness (QED) is 0.735. The van der Waals surface area contributed by atoms with E-state index in [0.29, 0.717) is 6.42 Å². The van der Waals surface area contributed by atoms with Crippen LogP contribution >= 0.6 is 0 Å². The Morgan fingerprint density at radius 2 is 1.39 bits per heavy atom. The summed E-state index contributed by atoms with van der Waals surface area (Å²) in [4.78, 5) is 0. The van der Waals surface area contributed by atoms with Gasteiger partial charge < -0.3 is 9.47 Å². The molecule has 0 fully saturated rings. The van der Waals surface area contributed by atoms with Gasteiger partial charge in [-0.1, -0.05) is 19.4 Å². The van der Waals surface area contributed by atoms with Gasteiger partial charge in [-0.2, -0.15) is 0 Å². The molecule has 0 N–H and O–H groups in total. The first-order chi connectivity index (χ1) is 11.1. The van der Waals surface area contributed by atoms with Crippen molar-refractivity contribution in [3.63, 3.8) is 0 Å². The summed E-state index contributed by atoms with van der Waals surface area (Å²) >= 11 is 0. The molecule has 0 aliphatic rings. The van der Waals surface area contributed by atoms with Gasteiger partial charge in [0.1, 0.15) is 23.1 Å². The molecular weight excluding hydrogens is 298 g/mol. The van der Waals surface area contributed by atoms with Gasteiger partial charge in [0.05, 0.1) is 14.2 Å². The molecule has 23 heavy (non-hydrogen) atoms. The lowest BCUT2D eigenvalue weighted by molar-refractivity contribution is 0.384. The summed E-state index contributed by atoms with van der Waals surface area (Å²) in [5, 5.41) is 0. The van der Waals surface area contributed by atoms with E-state index >= 15 is 0 Å². The molecule has 0 aliphatic heterocycles. The first-order valence-electron chi connectivity index (χ1n) is 7.77. The Bertz CT molecular complexity index is 623. The molecule has 2 rings (SSSR count). The number of aryl methyl sites for hydroxylation is 1. The molecule has 4 heteroatoms. The van der Waals surface area contributed by atoms with Crippen LogP contribution in [0, 0.1) is 11.6 Å². The van der Waals surface area contributed by atoms with Crippen molar-refractivity contribution in [2.75, 3.05) is 14.2 Å². The lowest BCUT2D eigenvalue weighted by Gasteiger charge is -2.15. The summed E-state index contributed by atoms with van der Waals surface area (Å²) in [6.45, 7) is 2.09. The molecule has 124 valence electrons. The third-order valence-electron chi connectivity index (χ3n) is 3.89. The highest BCUT2D eigenvalue weighted by Crippen LogP contribution is 2.32. The van der Waals surface area contributed by atoms with Crippen molar-refractivity contribution < 1.29 is 18.3 Å². The minimum atomic E-state index is -0.508. The second-order valence-corrected chi connectivity index (χ2v) is 5.43. The summed E-state index contributed by atoms with van der Waals surface area (Å²) in [5.41, 5.74) is 2.07. The minimum Gasteiger partial charge on any atom is -0.496 e. The molecule has 2 nitrogen and oxygen atoms in total. The molecule has 0 radical (unpaired) electrons. The first-order valence-corrected chi connectivity index (χ1v) is 7.77. The SMILES string of the molecule is CCCc1c(OC)cc(CCc2c(F)cccc2F)cc1OC. The van der Waals surface area contributed by atoms with Crippen molar-refractivity contribution in [3.8, 4) is 11.5 Å². The maximum atomic E-state index is 13.7. The monoisotopic (exact) mass is 320 g/mol. The molecule has 0 unspecified atom stereocenters. The van der Waals surface area contributed by atoms with E-state index in [1.807, 2.05) is 12.1 Å². The average Bonchev–Trinajstić information content (AvgIpc) is 2.55. The van der Waals surface area contributed by atoms with Gasteiger partial charge in [-0.25, -0.2) is 8.78 Å². The number of rotatable bonds is 7. The molecule has 0 aliphatic carbocycles. The van der Waals surface area contributed by atoms with Crippen molar-refractivity contribution in [3.05, 3.63) is 58.7 Å². The van der Waals surface area contributed by atoms with Crippen LogP contribution in [0.1, 0.15) is 30.0 Å². The maximum absolute atomic E-state index is 13.7. The molecular formula is C19H22F2O2. The van der Waals surface area contributed by atoms with Gasteiger partial charge in [0.15, 0.2) is 0 Å². The summed E-state index contributed by atoms with van der Waals surface area (Å²) in [7, 11) is 3.24. The Labute approximate surface area is 136 Å². The van der Waals surface area contributed by atoms with Crippen LogP contribution in [-0.2, 0) is 19.3 Å². The van der Waals surface area contributed by atoms with E-state index in [1.165, 1.54) is 18.2 Å². The molecule has 0 aromatic heterocycles. The Morgan fingerprint density at radius 3 is 1.87 bits per heavy atom. The molecule has 0 saturated carbocycles. The molecule has 0 spiro atoms. The van der Waals surface area contributed by atoms with E-state index in [1.54, 1.807) is 14.2 Å². The summed E-state index contributed by atoms with van der Waals surface area (Å²) in [6.07, 6.45) is 2.63. The van der Waals surface area contributed by atoms with Crippen LogP contribution in [0.25, 0.3) is 0 Å². The van der Waals surface area contributed by atoms with E-state index in [2.05, 4.69) is 6.92 Å². The summed E-state index contributed by atoms with van der Waals surface area (Å²) in [6, 6.07) is 7.78. The second-order valence-electron chi connectivity index (χ2n) is 5.43. The van der Waals surface area contributed by atoms with Crippen molar-refractivity contribution in [2.45, 2.75) is 32.6 Å². The van der Waals surface area contributed by atoms with Crippen LogP contribution in [0.3, 0.4) is 0 Å². The Hall–Kier alpha value is -2.10. The van der Waals surface area contributed by atoms with E-state index in [-0.39, 0.29) is 12.0 Å². The summed E-state index contributed by atoms with van der Waals surface area (Å²) in [5.74, 6) is 0.503. The zero-order chi connectivity index (χ0) is 16.8. The van der Waals surface area contributed by atoms with Crippen LogP contribution in [0.15, 0.2) is 30.3 Å². The van der Waals surface area contributed by atoms with Gasteiger partial charge in [0.2, 0.25) is 0 Å². The summed E-state index contributed by atoms with van der Waals surface area (Å²) < 4.78 is 38.3. The third kappa shape index (κ3) is 4.01. The first kappa shape index (κ1) is 17.3. The normalized spacial score (nSPS) is 10.7. The predicted octanol–water partition coefficient (Wildman–Crippen LogP) is 4.72. The van der Waals surface area contributed by atoms with Crippen LogP contribution < -0.4 is 9.47 Å². The highest BCUT2D eigenvalue weighted by atomic mass is 19.1. The molecule has 0 bridgehead atoms. The van der Waals surface area contributed by atoms with E-state index < -0.39 is 11.6 Å². The largest absolute Gasteiger partial charge is 0.496 e. The standard InChI is InChI=1S/C19H22F2O2/c1-4-6-15-18(22-2)11-13(12-19(15)23-3)9-10-14-16(20)7-5-8-17(14)21/h5,7-8,11-12H,4,6,9-10H2,1-3H3. The molecule has 0 atom stereocenters. The number of hydrogen-bond donors (Lipinski definition) is 0. The van der Waals surface area contributed by atoms with Crippen LogP contribution in [0.2, 0.25) is 0 Å². The highest BCUT2D eigenvalue weighted by molar-refractivity contribution is 5.48. The van der Waals surface area contributed by atoms with Gasteiger partial charge in [0.25, 0.3) is 0 Å². The fourth-order valence-electron chi connectivity index (χ4n) is 2.72. The zero-order valence-electron chi connectivity index (χ0n) is 13.8. The molecule has 0 saturated heterocycles. The van der Waals surface area contributed by atoms with Crippen LogP contribution in [-0.4, -0.2) is 14.2 Å². The predicted molar refractivity (Wildman–Crippen MR) is 87.3 cm³/mol. The second kappa shape index (κ2) is 7.95. The Kier molecular flexibility index (Phi) is 5.97. The van der Waals surface area contributed by atoms with Gasteiger partial charge in [0, 0.05) is 11.1 Å². The number of halogens is 2. The Morgan fingerprint density at radius 1 is 0.826 bits per heavy atom. The van der Waals surface area contributed by atoms with Crippen molar-refractivity contribution in [1.29, 1.82) is 0 Å². The Balaban J connectivity index is 2.26. The lowest BCUT2D eigenvalue weighted by atomic mass is 9.99. The van der Waals surface area contributed by atoms with Crippen LogP contribution in [0.4, 0.5) is 8.78 Å². The topological polar surface area (TPSA) is 18.5 Å². The number of hydrogen-bond acceptors (Lipinski definition) is 2. The van der Waals surface area contributed by atoms with Crippen molar-refractivity contribution >= 4 is 0 Å². The van der Waals surface area contributed by atoms with Gasteiger partial charge in [-0.15, -0.1) is 0 Å². The minimum absolute atomic E-state index is 0.114. The third-order valence-corrected chi connectivity index (χ3v) is 3.89. The molecule has 2 aromatic carbocycles. The van der Waals surface area contributed by atoms with Crippen LogP contribution in [0.5, 0.6) is 11.5 Å². The highest BCUT2D eigenvalue weighted by Gasteiger charge is 2.13. The van der Waals surface area contributed by atoms with Gasteiger partial charge in [-0.3, -0.25) is 0 Å². The fraction of sp³-hybridized carbons (Fsp3) is 0.368. The maximum Gasteiger partial charge on any atom is 0.129 e. The van der Waals surface area contributed by atoms with E-state index in [0.717, 1.165) is 35.5 Å². The smallest absolute Gasteiger partial charge is 0.129 e. The van der Waals surface area contributed by atoms with Gasteiger partial charge in [-0.05, 0) is 49.1 Å². The average molecular weight is 320 g/mol. The zero-order valence-corrected chi connectivity index (χ0v) is 13.8. The number of methoxy groups -OCH3 is 2. The number of benzene rings is 2. The molecule has 0 heterocycles. The lowest BCUT2D eigenvalue weighted by Crippen LogP contribution is -2.02. The van der Waals surface area contributed by atoms with Crippen molar-refractivity contribution in [1.82, 2.24) is 0 Å². The molecule has 0 amide bonds. The van der Waals surface area contributed by atoms with E-state index in [4.69, 9.17) is 9.47 Å².